The molecular weight excluding hydrogens is 274 g/mol. The lowest BCUT2D eigenvalue weighted by Gasteiger charge is -2.22. The maximum absolute atomic E-state index is 12.1. The molecule has 2 aromatic heterocycles. The first kappa shape index (κ1) is 13.3. The molecule has 1 aliphatic heterocycles. The van der Waals surface area contributed by atoms with E-state index in [1.54, 1.807) is 12.5 Å². The van der Waals surface area contributed by atoms with Gasteiger partial charge in [-0.1, -0.05) is 0 Å². The Bertz CT molecular complexity index is 559. The molecule has 2 N–H and O–H groups in total. The number of carbonyl (C=O) groups excluding carboxylic acids is 1. The van der Waals surface area contributed by atoms with Gasteiger partial charge in [-0.2, -0.15) is 0 Å². The molecule has 1 saturated heterocycles. The molecule has 0 radical (unpaired) electrons. The summed E-state index contributed by atoms with van der Waals surface area (Å²) in [6.07, 6.45) is 5.57. The van der Waals surface area contributed by atoms with Crippen molar-refractivity contribution in [1.29, 1.82) is 0 Å². The molecule has 2 aromatic rings. The molecule has 1 aliphatic rings. The van der Waals surface area contributed by atoms with E-state index in [2.05, 4.69) is 15.6 Å². The van der Waals surface area contributed by atoms with E-state index in [4.69, 9.17) is 4.42 Å². The van der Waals surface area contributed by atoms with Crippen molar-refractivity contribution in [3.05, 3.63) is 29.5 Å². The van der Waals surface area contributed by atoms with Crippen LogP contribution in [0.3, 0.4) is 0 Å². The minimum absolute atomic E-state index is 0.0501. The van der Waals surface area contributed by atoms with Gasteiger partial charge in [-0.3, -0.25) is 4.79 Å². The topological polar surface area (TPSA) is 67.2 Å². The van der Waals surface area contributed by atoms with Gasteiger partial charge in [-0.25, -0.2) is 4.98 Å². The zero-order valence-electron chi connectivity index (χ0n) is 11.1. The Morgan fingerprint density at radius 3 is 3.30 bits per heavy atom. The first-order chi connectivity index (χ1) is 9.83. The van der Waals surface area contributed by atoms with Gasteiger partial charge in [0, 0.05) is 6.54 Å². The number of nitrogens with one attached hydrogen (secondary N) is 2. The van der Waals surface area contributed by atoms with Crippen LogP contribution in [0.1, 0.15) is 22.5 Å². The molecule has 0 aromatic carbocycles. The highest BCUT2D eigenvalue weighted by atomic mass is 32.1. The first-order valence-corrected chi connectivity index (χ1v) is 7.63. The Morgan fingerprint density at radius 2 is 2.55 bits per heavy atom. The molecule has 1 unspecified atom stereocenters. The van der Waals surface area contributed by atoms with Crippen LogP contribution in [0.4, 0.5) is 0 Å². The predicted octanol–water partition coefficient (Wildman–Crippen LogP) is 2.13. The number of hydrogen-bond donors (Lipinski definition) is 2. The fourth-order valence-corrected chi connectivity index (χ4v) is 3.12. The van der Waals surface area contributed by atoms with E-state index in [-0.39, 0.29) is 5.91 Å². The summed E-state index contributed by atoms with van der Waals surface area (Å²) in [5.74, 6) is 1.18. The fraction of sp³-hybridized carbons (Fsp3) is 0.429. The van der Waals surface area contributed by atoms with E-state index in [1.165, 1.54) is 24.2 Å². The zero-order chi connectivity index (χ0) is 13.8. The van der Waals surface area contributed by atoms with Gasteiger partial charge in [0.05, 0.1) is 12.5 Å². The third-order valence-electron chi connectivity index (χ3n) is 3.41. The molecule has 20 heavy (non-hydrogen) atoms. The van der Waals surface area contributed by atoms with E-state index in [0.29, 0.717) is 16.6 Å². The molecule has 106 valence electrons. The lowest BCUT2D eigenvalue weighted by molar-refractivity contribution is 0.0948. The number of amides is 1. The average molecular weight is 291 g/mol. The van der Waals surface area contributed by atoms with E-state index >= 15 is 0 Å². The Kier molecular flexibility index (Phi) is 4.13. The van der Waals surface area contributed by atoms with Crippen LogP contribution in [0.5, 0.6) is 0 Å². The highest BCUT2D eigenvalue weighted by Gasteiger charge is 2.16. The number of piperidine rings is 1. The standard InChI is InChI=1S/C14H17N3O2S/c18-13(16-8-10-3-1-5-15-7-10)12-9-17-14(20-12)11-4-2-6-19-11/h2,4,6,9-10,15H,1,3,5,7-8H2,(H,16,18). The van der Waals surface area contributed by atoms with Crippen molar-refractivity contribution < 1.29 is 9.21 Å². The van der Waals surface area contributed by atoms with Crippen LogP contribution in [0, 0.1) is 5.92 Å². The van der Waals surface area contributed by atoms with Gasteiger partial charge in [-0.15, -0.1) is 11.3 Å². The maximum atomic E-state index is 12.1. The zero-order valence-corrected chi connectivity index (χ0v) is 11.9. The van der Waals surface area contributed by atoms with Crippen molar-refractivity contribution in [1.82, 2.24) is 15.6 Å². The van der Waals surface area contributed by atoms with Crippen molar-refractivity contribution in [2.75, 3.05) is 19.6 Å². The number of thiazole rings is 1. The van der Waals surface area contributed by atoms with Crippen LogP contribution < -0.4 is 10.6 Å². The van der Waals surface area contributed by atoms with Crippen molar-refractivity contribution in [3.63, 3.8) is 0 Å². The summed E-state index contributed by atoms with van der Waals surface area (Å²) in [7, 11) is 0. The lowest BCUT2D eigenvalue weighted by atomic mass is 10.00. The Labute approximate surface area is 121 Å². The highest BCUT2D eigenvalue weighted by Crippen LogP contribution is 2.25. The summed E-state index contributed by atoms with van der Waals surface area (Å²) in [5.41, 5.74) is 0. The van der Waals surface area contributed by atoms with Crippen molar-refractivity contribution in [2.45, 2.75) is 12.8 Å². The third kappa shape index (κ3) is 3.08. The number of hydrogen-bond acceptors (Lipinski definition) is 5. The summed E-state index contributed by atoms with van der Waals surface area (Å²) in [6.45, 7) is 2.80. The monoisotopic (exact) mass is 291 g/mol. The molecule has 1 fully saturated rings. The second-order valence-electron chi connectivity index (χ2n) is 4.93. The van der Waals surface area contributed by atoms with E-state index in [1.807, 2.05) is 12.1 Å². The van der Waals surface area contributed by atoms with Crippen molar-refractivity contribution in [2.24, 2.45) is 5.92 Å². The van der Waals surface area contributed by atoms with Gasteiger partial charge in [0.25, 0.3) is 5.91 Å². The summed E-state index contributed by atoms with van der Waals surface area (Å²) < 4.78 is 5.28. The number of furan rings is 1. The molecule has 0 saturated carbocycles. The van der Waals surface area contributed by atoms with Crippen LogP contribution in [0.2, 0.25) is 0 Å². The maximum Gasteiger partial charge on any atom is 0.263 e. The molecule has 3 rings (SSSR count). The van der Waals surface area contributed by atoms with Crippen molar-refractivity contribution in [3.8, 4) is 10.8 Å². The second-order valence-corrected chi connectivity index (χ2v) is 5.96. The van der Waals surface area contributed by atoms with E-state index in [0.717, 1.165) is 24.6 Å². The predicted molar refractivity (Wildman–Crippen MR) is 77.7 cm³/mol. The lowest BCUT2D eigenvalue weighted by Crippen LogP contribution is -2.37. The highest BCUT2D eigenvalue weighted by molar-refractivity contribution is 7.16. The van der Waals surface area contributed by atoms with E-state index < -0.39 is 0 Å². The normalized spacial score (nSPS) is 18.9. The number of rotatable bonds is 4. The molecule has 1 atom stereocenters. The summed E-state index contributed by atoms with van der Waals surface area (Å²) >= 11 is 1.35. The van der Waals surface area contributed by atoms with Gasteiger partial charge >= 0.3 is 0 Å². The van der Waals surface area contributed by atoms with Gasteiger partial charge in [-0.05, 0) is 44.0 Å². The summed E-state index contributed by atoms with van der Waals surface area (Å²) in [6, 6.07) is 3.65. The summed E-state index contributed by atoms with van der Waals surface area (Å²) in [4.78, 5) is 16.9. The van der Waals surface area contributed by atoms with Crippen LogP contribution in [0.15, 0.2) is 29.0 Å². The average Bonchev–Trinajstić information content (AvgIpc) is 3.16. The van der Waals surface area contributed by atoms with Crippen LogP contribution in [-0.4, -0.2) is 30.5 Å². The minimum Gasteiger partial charge on any atom is -0.462 e. The van der Waals surface area contributed by atoms with Gasteiger partial charge < -0.3 is 15.1 Å². The largest absolute Gasteiger partial charge is 0.462 e. The van der Waals surface area contributed by atoms with Crippen molar-refractivity contribution >= 4 is 17.2 Å². The fourth-order valence-electron chi connectivity index (χ4n) is 2.32. The molecule has 0 spiro atoms. The number of aromatic nitrogens is 1. The Hall–Kier alpha value is -1.66. The Balaban J connectivity index is 1.57. The van der Waals surface area contributed by atoms with Crippen LogP contribution >= 0.6 is 11.3 Å². The second kappa shape index (κ2) is 6.19. The molecule has 5 nitrogen and oxygen atoms in total. The van der Waals surface area contributed by atoms with Crippen LogP contribution in [-0.2, 0) is 0 Å². The SMILES string of the molecule is O=C(NCC1CCCNC1)c1cnc(-c2ccco2)s1. The number of nitrogens with zero attached hydrogens (tertiary/aromatic N) is 1. The molecule has 3 heterocycles. The number of carbonyl (C=O) groups is 1. The first-order valence-electron chi connectivity index (χ1n) is 6.81. The molecular formula is C14H17N3O2S. The third-order valence-corrected chi connectivity index (χ3v) is 4.42. The molecule has 6 heteroatoms. The summed E-state index contributed by atoms with van der Waals surface area (Å²) in [5, 5.41) is 7.07. The van der Waals surface area contributed by atoms with Crippen LogP contribution in [0.25, 0.3) is 10.8 Å². The minimum atomic E-state index is -0.0501. The molecule has 1 amide bonds. The smallest absolute Gasteiger partial charge is 0.263 e. The molecule has 0 aliphatic carbocycles. The quantitative estimate of drug-likeness (QED) is 0.905. The van der Waals surface area contributed by atoms with E-state index in [9.17, 15) is 4.79 Å². The van der Waals surface area contributed by atoms with Gasteiger partial charge in [0.15, 0.2) is 10.8 Å². The molecule has 0 bridgehead atoms. The Morgan fingerprint density at radius 1 is 1.60 bits per heavy atom. The van der Waals surface area contributed by atoms with Gasteiger partial charge in [0.1, 0.15) is 4.88 Å². The van der Waals surface area contributed by atoms with Gasteiger partial charge in [0.2, 0.25) is 0 Å².